The first kappa shape index (κ1) is 9.68. The summed E-state index contributed by atoms with van der Waals surface area (Å²) in [6.07, 6.45) is -2.60. The monoisotopic (exact) mass is 234 g/mol. The molecule has 1 N–H and O–H groups in total. The van der Waals surface area contributed by atoms with Crippen molar-refractivity contribution in [2.24, 2.45) is 0 Å². The molecule has 14 heavy (non-hydrogen) atoms. The lowest BCUT2D eigenvalue weighted by Crippen LogP contribution is -1.76. The van der Waals surface area contributed by atoms with Crippen molar-refractivity contribution in [3.63, 3.8) is 0 Å². The molecular weight excluding hydrogens is 230 g/mol. The molecular formula is C9H5ClF2OS. The summed E-state index contributed by atoms with van der Waals surface area (Å²) >= 11 is 6.63. The average molecular weight is 235 g/mol. The van der Waals surface area contributed by atoms with Gasteiger partial charge in [0, 0.05) is 4.70 Å². The molecule has 74 valence electrons. The van der Waals surface area contributed by atoms with Gasteiger partial charge in [-0.2, -0.15) is 0 Å². The van der Waals surface area contributed by atoms with Crippen molar-refractivity contribution in [2.75, 3.05) is 0 Å². The first-order chi connectivity index (χ1) is 6.61. The van der Waals surface area contributed by atoms with Gasteiger partial charge in [-0.25, -0.2) is 8.78 Å². The standard InChI is InChI=1S/C9H5ClF2OS/c10-7-6-4(13)2-1-3-5(6)14-8(7)9(11)12/h1-3,9,13H. The van der Waals surface area contributed by atoms with Crippen LogP contribution in [0.25, 0.3) is 10.1 Å². The number of alkyl halides is 2. The molecule has 0 aliphatic carbocycles. The Morgan fingerprint density at radius 3 is 2.64 bits per heavy atom. The van der Waals surface area contributed by atoms with E-state index in [1.54, 1.807) is 12.1 Å². The fourth-order valence-electron chi connectivity index (χ4n) is 1.25. The Kier molecular flexibility index (Phi) is 2.33. The highest BCUT2D eigenvalue weighted by Gasteiger charge is 2.19. The van der Waals surface area contributed by atoms with E-state index in [9.17, 15) is 13.9 Å². The topological polar surface area (TPSA) is 20.2 Å². The van der Waals surface area contributed by atoms with Crippen LogP contribution in [0.5, 0.6) is 5.75 Å². The lowest BCUT2D eigenvalue weighted by molar-refractivity contribution is 0.156. The minimum atomic E-state index is -2.60. The number of hydrogen-bond acceptors (Lipinski definition) is 2. The third-order valence-corrected chi connectivity index (χ3v) is 3.53. The summed E-state index contributed by atoms with van der Waals surface area (Å²) in [5.41, 5.74) is 0. The van der Waals surface area contributed by atoms with Crippen LogP contribution >= 0.6 is 22.9 Å². The number of hydrogen-bond donors (Lipinski definition) is 1. The molecule has 1 heterocycles. The van der Waals surface area contributed by atoms with Gasteiger partial charge in [0.2, 0.25) is 0 Å². The second-order valence-electron chi connectivity index (χ2n) is 2.73. The van der Waals surface area contributed by atoms with Gasteiger partial charge in [-0.3, -0.25) is 0 Å². The van der Waals surface area contributed by atoms with E-state index in [0.29, 0.717) is 10.1 Å². The maximum atomic E-state index is 12.4. The molecule has 0 radical (unpaired) electrons. The zero-order valence-electron chi connectivity index (χ0n) is 6.80. The fourth-order valence-corrected chi connectivity index (χ4v) is 2.68. The zero-order chi connectivity index (χ0) is 10.3. The molecule has 0 amide bonds. The molecule has 0 fully saturated rings. The Bertz CT molecular complexity index is 481. The van der Waals surface area contributed by atoms with Crippen molar-refractivity contribution in [1.82, 2.24) is 0 Å². The number of thiophene rings is 1. The van der Waals surface area contributed by atoms with E-state index in [-0.39, 0.29) is 15.6 Å². The number of fused-ring (bicyclic) bond motifs is 1. The molecule has 0 atom stereocenters. The quantitative estimate of drug-likeness (QED) is 0.784. The van der Waals surface area contributed by atoms with E-state index < -0.39 is 6.43 Å². The van der Waals surface area contributed by atoms with Gasteiger partial charge in [0.05, 0.1) is 15.3 Å². The van der Waals surface area contributed by atoms with Gasteiger partial charge < -0.3 is 5.11 Å². The van der Waals surface area contributed by atoms with Gasteiger partial charge in [-0.15, -0.1) is 11.3 Å². The second kappa shape index (κ2) is 3.37. The van der Waals surface area contributed by atoms with Crippen LogP contribution < -0.4 is 0 Å². The van der Waals surface area contributed by atoms with Crippen LogP contribution in [-0.2, 0) is 0 Å². The highest BCUT2D eigenvalue weighted by atomic mass is 35.5. The highest BCUT2D eigenvalue weighted by Crippen LogP contribution is 2.43. The largest absolute Gasteiger partial charge is 0.507 e. The molecule has 0 saturated heterocycles. The van der Waals surface area contributed by atoms with Crippen molar-refractivity contribution in [2.45, 2.75) is 6.43 Å². The fraction of sp³-hybridized carbons (Fsp3) is 0.111. The summed E-state index contributed by atoms with van der Waals surface area (Å²) in [4.78, 5) is -0.192. The summed E-state index contributed by atoms with van der Waals surface area (Å²) in [5.74, 6) is -0.0596. The normalized spacial score (nSPS) is 11.4. The molecule has 0 aliphatic heterocycles. The van der Waals surface area contributed by atoms with Gasteiger partial charge in [0.25, 0.3) is 6.43 Å². The molecule has 0 spiro atoms. The Morgan fingerprint density at radius 2 is 2.07 bits per heavy atom. The molecule has 0 unspecified atom stereocenters. The van der Waals surface area contributed by atoms with Gasteiger partial charge in [0.1, 0.15) is 5.75 Å². The van der Waals surface area contributed by atoms with Gasteiger partial charge >= 0.3 is 0 Å². The predicted molar refractivity (Wildman–Crippen MR) is 53.5 cm³/mol. The minimum Gasteiger partial charge on any atom is -0.507 e. The lowest BCUT2D eigenvalue weighted by Gasteiger charge is -1.95. The molecule has 5 heteroatoms. The molecule has 1 aromatic carbocycles. The first-order valence-corrected chi connectivity index (χ1v) is 4.98. The van der Waals surface area contributed by atoms with E-state index >= 15 is 0 Å². The zero-order valence-corrected chi connectivity index (χ0v) is 8.37. The van der Waals surface area contributed by atoms with E-state index in [2.05, 4.69) is 0 Å². The maximum Gasteiger partial charge on any atom is 0.274 e. The van der Waals surface area contributed by atoms with Crippen molar-refractivity contribution in [3.05, 3.63) is 28.1 Å². The van der Waals surface area contributed by atoms with E-state index in [1.807, 2.05) is 0 Å². The maximum absolute atomic E-state index is 12.4. The number of aromatic hydroxyl groups is 1. The van der Waals surface area contributed by atoms with Crippen molar-refractivity contribution < 1.29 is 13.9 Å². The number of halogens is 3. The smallest absolute Gasteiger partial charge is 0.274 e. The summed E-state index contributed by atoms with van der Waals surface area (Å²) < 4.78 is 25.5. The molecule has 2 rings (SSSR count). The molecule has 0 aliphatic rings. The van der Waals surface area contributed by atoms with E-state index in [4.69, 9.17) is 11.6 Å². The highest BCUT2D eigenvalue weighted by molar-refractivity contribution is 7.19. The number of rotatable bonds is 1. The van der Waals surface area contributed by atoms with Crippen LogP contribution in [0.3, 0.4) is 0 Å². The molecule has 0 bridgehead atoms. The summed E-state index contributed by atoms with van der Waals surface area (Å²) in [5, 5.41) is 9.70. The molecule has 1 aromatic heterocycles. The van der Waals surface area contributed by atoms with Crippen molar-refractivity contribution >= 4 is 33.0 Å². The van der Waals surface area contributed by atoms with E-state index in [0.717, 1.165) is 11.3 Å². The SMILES string of the molecule is Oc1cccc2sc(C(F)F)c(Cl)c12. The van der Waals surface area contributed by atoms with Crippen LogP contribution in [0, 0.1) is 0 Å². The summed E-state index contributed by atoms with van der Waals surface area (Å²) in [6, 6.07) is 4.67. The van der Waals surface area contributed by atoms with Crippen LogP contribution in [0.15, 0.2) is 18.2 Å². The lowest BCUT2D eigenvalue weighted by atomic mass is 10.2. The van der Waals surface area contributed by atoms with Crippen molar-refractivity contribution in [3.8, 4) is 5.75 Å². The van der Waals surface area contributed by atoms with E-state index in [1.165, 1.54) is 6.07 Å². The van der Waals surface area contributed by atoms with Crippen LogP contribution in [0.1, 0.15) is 11.3 Å². The Morgan fingerprint density at radius 1 is 1.36 bits per heavy atom. The Labute approximate surface area is 87.5 Å². The van der Waals surface area contributed by atoms with Crippen LogP contribution in [0.2, 0.25) is 5.02 Å². The number of phenols is 1. The molecule has 1 nitrogen and oxygen atoms in total. The van der Waals surface area contributed by atoms with Crippen LogP contribution in [-0.4, -0.2) is 5.11 Å². The summed E-state index contributed by atoms with van der Waals surface area (Å²) in [7, 11) is 0. The minimum absolute atomic E-state index is 0.0434. The molecule has 2 aromatic rings. The third-order valence-electron chi connectivity index (χ3n) is 1.86. The van der Waals surface area contributed by atoms with Crippen LogP contribution in [0.4, 0.5) is 8.78 Å². The van der Waals surface area contributed by atoms with Crippen molar-refractivity contribution in [1.29, 1.82) is 0 Å². The van der Waals surface area contributed by atoms with Gasteiger partial charge in [0.15, 0.2) is 0 Å². The second-order valence-corrected chi connectivity index (χ2v) is 4.19. The average Bonchev–Trinajstić information content (AvgIpc) is 2.45. The summed E-state index contributed by atoms with van der Waals surface area (Å²) in [6.45, 7) is 0. The Hall–Kier alpha value is -0.870. The number of phenolic OH excluding ortho intramolecular Hbond substituents is 1. The van der Waals surface area contributed by atoms with Gasteiger partial charge in [-0.05, 0) is 12.1 Å². The molecule has 0 saturated carbocycles. The third kappa shape index (κ3) is 1.35. The number of benzene rings is 1. The predicted octanol–water partition coefficient (Wildman–Crippen LogP) is 4.20. The first-order valence-electron chi connectivity index (χ1n) is 3.79. The van der Waals surface area contributed by atoms with Gasteiger partial charge in [-0.1, -0.05) is 17.7 Å². The Balaban J connectivity index is 2.81.